The number of hydrogen-bond acceptors (Lipinski definition) is 1. The molecule has 0 spiro atoms. The fraction of sp³-hybridized carbons (Fsp3) is 0.625. The van der Waals surface area contributed by atoms with Crippen molar-refractivity contribution in [3.05, 3.63) is 29.3 Å². The molecule has 0 aromatic heterocycles. The molecule has 0 fully saturated rings. The van der Waals surface area contributed by atoms with Crippen molar-refractivity contribution in [1.29, 1.82) is 0 Å². The average molecular weight is 422 g/mol. The standard InChI is InChI=1S/C7H6ClOS.3C3H7.Sn/c1-10(9)7-4-2-6(8)3-5-7;3*1-3-2;/h2-5H,1H2;3*3H,1-2H3;. The summed E-state index contributed by atoms with van der Waals surface area (Å²) in [5.74, 6) is 0. The third-order valence-electron chi connectivity index (χ3n) is 4.68. The van der Waals surface area contributed by atoms with E-state index < -0.39 is 29.2 Å². The second-order valence-electron chi connectivity index (χ2n) is 6.52. The molecule has 114 valence electrons. The summed E-state index contributed by atoms with van der Waals surface area (Å²) in [6, 6.07) is 7.50. The predicted octanol–water partition coefficient (Wildman–Crippen LogP) is 5.67. The molecule has 0 heterocycles. The maximum absolute atomic E-state index is 12.8. The van der Waals surface area contributed by atoms with Gasteiger partial charge in [-0.2, -0.15) is 0 Å². The molecule has 0 aliphatic rings. The third kappa shape index (κ3) is 4.01. The van der Waals surface area contributed by atoms with Gasteiger partial charge in [-0.3, -0.25) is 0 Å². The van der Waals surface area contributed by atoms with E-state index in [-0.39, 0.29) is 0 Å². The van der Waals surface area contributed by atoms with Crippen molar-refractivity contribution in [2.75, 3.05) is 3.77 Å². The first-order chi connectivity index (χ1) is 9.21. The first kappa shape index (κ1) is 18.5. The molecular weight excluding hydrogens is 394 g/mol. The zero-order valence-corrected chi connectivity index (χ0v) is 17.9. The van der Waals surface area contributed by atoms with Gasteiger partial charge < -0.3 is 0 Å². The van der Waals surface area contributed by atoms with Crippen LogP contribution in [-0.4, -0.2) is 26.4 Å². The Kier molecular flexibility index (Phi) is 7.07. The van der Waals surface area contributed by atoms with Gasteiger partial charge in [-0.1, -0.05) is 0 Å². The van der Waals surface area contributed by atoms with Crippen LogP contribution in [0.4, 0.5) is 0 Å². The van der Waals surface area contributed by atoms with Gasteiger partial charge in [0.1, 0.15) is 0 Å². The van der Waals surface area contributed by atoms with E-state index >= 15 is 0 Å². The topological polar surface area (TPSA) is 17.1 Å². The van der Waals surface area contributed by atoms with E-state index in [1.807, 2.05) is 24.3 Å². The number of rotatable bonds is 6. The number of hydrogen-bond donors (Lipinski definition) is 0. The summed E-state index contributed by atoms with van der Waals surface area (Å²) in [5.41, 5.74) is 0. The van der Waals surface area contributed by atoms with E-state index in [9.17, 15) is 4.21 Å². The molecule has 0 aliphatic heterocycles. The Labute approximate surface area is 135 Å². The van der Waals surface area contributed by atoms with E-state index in [0.29, 0.717) is 16.8 Å². The summed E-state index contributed by atoms with van der Waals surface area (Å²) in [5, 5.41) is 0.706. The molecule has 0 radical (unpaired) electrons. The average Bonchev–Trinajstić information content (AvgIpc) is 2.35. The summed E-state index contributed by atoms with van der Waals surface area (Å²) >= 11 is 3.42. The van der Waals surface area contributed by atoms with Crippen molar-refractivity contribution in [2.24, 2.45) is 0 Å². The van der Waals surface area contributed by atoms with Crippen molar-refractivity contribution in [1.82, 2.24) is 0 Å². The molecule has 0 aliphatic carbocycles. The van der Waals surface area contributed by atoms with Crippen LogP contribution in [0.15, 0.2) is 29.2 Å². The van der Waals surface area contributed by atoms with Gasteiger partial charge in [0.2, 0.25) is 0 Å². The van der Waals surface area contributed by atoms with E-state index in [1.165, 1.54) is 0 Å². The third-order valence-corrected chi connectivity index (χ3v) is 31.4. The van der Waals surface area contributed by atoms with Gasteiger partial charge in [-0.15, -0.1) is 0 Å². The van der Waals surface area contributed by atoms with Crippen LogP contribution in [0.1, 0.15) is 41.5 Å². The second-order valence-corrected chi connectivity index (χ2v) is 27.1. The van der Waals surface area contributed by atoms with Gasteiger partial charge in [0.05, 0.1) is 0 Å². The van der Waals surface area contributed by atoms with Crippen molar-refractivity contribution in [3.8, 4) is 0 Å². The van der Waals surface area contributed by atoms with Crippen LogP contribution >= 0.6 is 11.6 Å². The molecule has 20 heavy (non-hydrogen) atoms. The van der Waals surface area contributed by atoms with E-state index in [0.717, 1.165) is 8.66 Å². The Hall–Kier alpha value is 0.459. The van der Waals surface area contributed by atoms with E-state index in [4.69, 9.17) is 11.6 Å². The molecule has 1 aromatic carbocycles. The van der Waals surface area contributed by atoms with Crippen LogP contribution < -0.4 is 0 Å². The van der Waals surface area contributed by atoms with Gasteiger partial charge in [0.15, 0.2) is 0 Å². The molecule has 1 aromatic rings. The molecule has 0 saturated heterocycles. The molecule has 1 nitrogen and oxygen atoms in total. The number of benzene rings is 1. The van der Waals surface area contributed by atoms with E-state index in [2.05, 4.69) is 41.5 Å². The minimum atomic E-state index is -2.49. The Morgan fingerprint density at radius 2 is 1.35 bits per heavy atom. The molecule has 0 saturated carbocycles. The molecule has 1 atom stereocenters. The number of halogens is 1. The molecule has 1 rings (SSSR count). The molecule has 0 N–H and O–H groups in total. The van der Waals surface area contributed by atoms with Crippen molar-refractivity contribution >= 4 is 40.8 Å². The van der Waals surface area contributed by atoms with Crippen molar-refractivity contribution in [2.45, 2.75) is 58.2 Å². The minimum absolute atomic E-state index is 0.706. The van der Waals surface area contributed by atoms with Gasteiger partial charge in [0, 0.05) is 0 Å². The van der Waals surface area contributed by atoms with Crippen LogP contribution in [0.3, 0.4) is 0 Å². The van der Waals surface area contributed by atoms with Gasteiger partial charge >= 0.3 is 136 Å². The maximum atomic E-state index is 12.8. The van der Waals surface area contributed by atoms with Crippen LogP contribution in [0, 0.1) is 0 Å². The molecule has 0 amide bonds. The van der Waals surface area contributed by atoms with Crippen LogP contribution in [0.25, 0.3) is 0 Å². The summed E-state index contributed by atoms with van der Waals surface area (Å²) in [4.78, 5) is 0.928. The van der Waals surface area contributed by atoms with Gasteiger partial charge in [-0.05, 0) is 0 Å². The zero-order valence-electron chi connectivity index (χ0n) is 13.4. The summed E-state index contributed by atoms with van der Waals surface area (Å²) < 4.78 is 15.9. The van der Waals surface area contributed by atoms with E-state index in [1.54, 1.807) is 0 Å². The Balaban J connectivity index is 3.07. The molecule has 4 heteroatoms. The monoisotopic (exact) mass is 422 g/mol. The second kappa shape index (κ2) is 7.64. The summed E-state index contributed by atoms with van der Waals surface area (Å²) in [6.07, 6.45) is 0. The predicted molar refractivity (Wildman–Crippen MR) is 93.8 cm³/mol. The van der Waals surface area contributed by atoms with Gasteiger partial charge in [0.25, 0.3) is 0 Å². The Morgan fingerprint density at radius 3 is 1.70 bits per heavy atom. The summed E-state index contributed by atoms with van der Waals surface area (Å²) in [6.45, 7) is 14.1. The van der Waals surface area contributed by atoms with Crippen LogP contribution in [-0.2, 0) is 10.8 Å². The van der Waals surface area contributed by atoms with Crippen LogP contribution in [0.2, 0.25) is 16.8 Å². The van der Waals surface area contributed by atoms with Gasteiger partial charge in [-0.25, -0.2) is 0 Å². The quantitative estimate of drug-likeness (QED) is 0.541. The normalized spacial score (nSPS) is 14.3. The Morgan fingerprint density at radius 1 is 0.950 bits per heavy atom. The first-order valence-electron chi connectivity index (χ1n) is 7.35. The zero-order chi connectivity index (χ0) is 15.5. The fourth-order valence-corrected chi connectivity index (χ4v) is 30.9. The van der Waals surface area contributed by atoms with Crippen molar-refractivity contribution in [3.63, 3.8) is 0 Å². The Bertz CT molecular complexity index is 432. The van der Waals surface area contributed by atoms with Crippen molar-refractivity contribution < 1.29 is 4.21 Å². The fourth-order valence-electron chi connectivity index (χ4n) is 3.40. The first-order valence-corrected chi connectivity index (χ1v) is 16.0. The summed E-state index contributed by atoms with van der Waals surface area (Å²) in [7, 11) is -0.888. The SMILES string of the molecule is C[CH](C)[Sn]([CH2]S(=O)c1ccc(Cl)cc1)([CH](C)C)[CH](C)C. The van der Waals surface area contributed by atoms with Crippen LogP contribution in [0.5, 0.6) is 0 Å². The molecular formula is C16H27ClOSSn. The molecule has 0 bridgehead atoms. The molecule has 1 unspecified atom stereocenters.